The largest absolute Gasteiger partial charge is 0.391 e. The molecule has 1 heterocycles. The van der Waals surface area contributed by atoms with Crippen molar-refractivity contribution in [1.29, 1.82) is 0 Å². The first-order valence-electron chi connectivity index (χ1n) is 6.46. The first-order chi connectivity index (χ1) is 7.93. The molecule has 1 atom stereocenters. The van der Waals surface area contributed by atoms with Crippen LogP contribution in [0.3, 0.4) is 0 Å². The van der Waals surface area contributed by atoms with Gasteiger partial charge in [0.2, 0.25) is 0 Å². The van der Waals surface area contributed by atoms with Crippen molar-refractivity contribution in [3.8, 4) is 0 Å². The zero-order chi connectivity index (χ0) is 12.9. The fourth-order valence-corrected chi connectivity index (χ4v) is 2.31. The Kier molecular flexibility index (Phi) is 5.73. The van der Waals surface area contributed by atoms with Gasteiger partial charge < -0.3 is 10.2 Å². The Balaban J connectivity index is 2.19. The van der Waals surface area contributed by atoms with Crippen LogP contribution >= 0.6 is 0 Å². The minimum Gasteiger partial charge on any atom is -0.314 e. The molecule has 0 aromatic rings. The van der Waals surface area contributed by atoms with Crippen LogP contribution in [0.5, 0.6) is 0 Å². The van der Waals surface area contributed by atoms with Crippen LogP contribution in [0.4, 0.5) is 13.2 Å². The first kappa shape index (κ1) is 14.8. The van der Waals surface area contributed by atoms with E-state index in [0.717, 1.165) is 19.5 Å². The lowest BCUT2D eigenvalue weighted by molar-refractivity contribution is -0.185. The molecule has 0 aromatic heterocycles. The highest BCUT2D eigenvalue weighted by Gasteiger charge is 2.40. The van der Waals surface area contributed by atoms with Crippen molar-refractivity contribution in [2.45, 2.75) is 45.3 Å². The number of hydrogen-bond donors (Lipinski definition) is 1. The molecule has 0 bridgehead atoms. The third-order valence-electron chi connectivity index (χ3n) is 3.48. The van der Waals surface area contributed by atoms with Gasteiger partial charge in [0.1, 0.15) is 0 Å². The van der Waals surface area contributed by atoms with Crippen molar-refractivity contribution in [3.05, 3.63) is 0 Å². The zero-order valence-corrected chi connectivity index (χ0v) is 10.7. The molecule has 5 heteroatoms. The van der Waals surface area contributed by atoms with E-state index in [1.54, 1.807) is 0 Å². The SMILES string of the molecule is CCNC(C)CCN1CCC(C(F)(F)F)CC1. The zero-order valence-electron chi connectivity index (χ0n) is 10.7. The summed E-state index contributed by atoms with van der Waals surface area (Å²) < 4.78 is 37.4. The molecule has 0 radical (unpaired) electrons. The molecule has 0 aliphatic carbocycles. The highest BCUT2D eigenvalue weighted by molar-refractivity contribution is 4.77. The van der Waals surface area contributed by atoms with Gasteiger partial charge in [-0.2, -0.15) is 13.2 Å². The quantitative estimate of drug-likeness (QED) is 0.809. The van der Waals surface area contributed by atoms with Crippen molar-refractivity contribution in [2.75, 3.05) is 26.2 Å². The molecule has 1 unspecified atom stereocenters. The van der Waals surface area contributed by atoms with E-state index in [0.29, 0.717) is 19.1 Å². The Hall–Kier alpha value is -0.290. The minimum atomic E-state index is -4.00. The number of halogens is 3. The van der Waals surface area contributed by atoms with Crippen LogP contribution in [0.25, 0.3) is 0 Å². The van der Waals surface area contributed by atoms with Crippen LogP contribution in [0.15, 0.2) is 0 Å². The average molecular weight is 252 g/mol. The van der Waals surface area contributed by atoms with Gasteiger partial charge in [0, 0.05) is 6.04 Å². The molecular weight excluding hydrogens is 229 g/mol. The molecule has 1 aliphatic rings. The van der Waals surface area contributed by atoms with Crippen LogP contribution in [0, 0.1) is 5.92 Å². The number of piperidine rings is 1. The Morgan fingerprint density at radius 2 is 1.88 bits per heavy atom. The third-order valence-corrected chi connectivity index (χ3v) is 3.48. The monoisotopic (exact) mass is 252 g/mol. The normalized spacial score (nSPS) is 21.7. The molecule has 0 spiro atoms. The van der Waals surface area contributed by atoms with Crippen LogP contribution in [-0.2, 0) is 0 Å². The number of nitrogens with zero attached hydrogens (tertiary/aromatic N) is 1. The van der Waals surface area contributed by atoms with Gasteiger partial charge in [0.05, 0.1) is 5.92 Å². The Morgan fingerprint density at radius 1 is 1.29 bits per heavy atom. The molecule has 0 aromatic carbocycles. The van der Waals surface area contributed by atoms with Gasteiger partial charge in [-0.25, -0.2) is 0 Å². The second-order valence-electron chi connectivity index (χ2n) is 4.90. The summed E-state index contributed by atoms with van der Waals surface area (Å²) in [6, 6.07) is 0.445. The first-order valence-corrected chi connectivity index (χ1v) is 6.46. The molecule has 102 valence electrons. The summed E-state index contributed by atoms with van der Waals surface area (Å²) in [6.45, 7) is 7.19. The maximum atomic E-state index is 12.5. The van der Waals surface area contributed by atoms with Crippen molar-refractivity contribution >= 4 is 0 Å². The molecular formula is C12H23F3N2. The molecule has 1 N–H and O–H groups in total. The Morgan fingerprint density at radius 3 is 2.35 bits per heavy atom. The fourth-order valence-electron chi connectivity index (χ4n) is 2.31. The van der Waals surface area contributed by atoms with Crippen molar-refractivity contribution in [2.24, 2.45) is 5.92 Å². The van der Waals surface area contributed by atoms with E-state index >= 15 is 0 Å². The van der Waals surface area contributed by atoms with Crippen LogP contribution in [-0.4, -0.2) is 43.3 Å². The van der Waals surface area contributed by atoms with Crippen LogP contribution in [0.1, 0.15) is 33.1 Å². The van der Waals surface area contributed by atoms with Gasteiger partial charge in [0.15, 0.2) is 0 Å². The predicted octanol–water partition coefficient (Wildman–Crippen LogP) is 2.65. The van der Waals surface area contributed by atoms with E-state index in [2.05, 4.69) is 24.1 Å². The lowest BCUT2D eigenvalue weighted by Crippen LogP contribution is -2.40. The summed E-state index contributed by atoms with van der Waals surface area (Å²) >= 11 is 0. The summed E-state index contributed by atoms with van der Waals surface area (Å²) in [5.74, 6) is -1.08. The van der Waals surface area contributed by atoms with Gasteiger partial charge >= 0.3 is 6.18 Å². The molecule has 1 saturated heterocycles. The number of likely N-dealkylation sites (tertiary alicyclic amines) is 1. The summed E-state index contributed by atoms with van der Waals surface area (Å²) in [5.41, 5.74) is 0. The minimum absolute atomic E-state index is 0.263. The van der Waals surface area contributed by atoms with Crippen molar-refractivity contribution < 1.29 is 13.2 Å². The van der Waals surface area contributed by atoms with Gasteiger partial charge in [-0.1, -0.05) is 6.92 Å². The predicted molar refractivity (Wildman–Crippen MR) is 63.0 cm³/mol. The standard InChI is InChI=1S/C12H23F3N2/c1-3-16-10(2)4-7-17-8-5-11(6-9-17)12(13,14)15/h10-11,16H,3-9H2,1-2H3. The lowest BCUT2D eigenvalue weighted by Gasteiger charge is -2.33. The van der Waals surface area contributed by atoms with E-state index in [1.807, 2.05) is 0 Å². The average Bonchev–Trinajstić information content (AvgIpc) is 2.26. The van der Waals surface area contributed by atoms with E-state index in [4.69, 9.17) is 0 Å². The number of hydrogen-bond acceptors (Lipinski definition) is 2. The van der Waals surface area contributed by atoms with Crippen molar-refractivity contribution in [3.63, 3.8) is 0 Å². The molecule has 0 saturated carbocycles. The van der Waals surface area contributed by atoms with E-state index in [1.165, 1.54) is 0 Å². The summed E-state index contributed by atoms with van der Waals surface area (Å²) in [5, 5.41) is 3.31. The highest BCUT2D eigenvalue weighted by atomic mass is 19.4. The van der Waals surface area contributed by atoms with E-state index in [9.17, 15) is 13.2 Å². The molecule has 17 heavy (non-hydrogen) atoms. The Labute approximate surface area is 102 Å². The van der Waals surface area contributed by atoms with Gasteiger partial charge in [-0.15, -0.1) is 0 Å². The topological polar surface area (TPSA) is 15.3 Å². The van der Waals surface area contributed by atoms with Gasteiger partial charge in [0.25, 0.3) is 0 Å². The van der Waals surface area contributed by atoms with Gasteiger partial charge in [-0.05, 0) is 52.4 Å². The Bertz CT molecular complexity index is 210. The maximum Gasteiger partial charge on any atom is 0.391 e. The van der Waals surface area contributed by atoms with Crippen LogP contribution < -0.4 is 5.32 Å². The highest BCUT2D eigenvalue weighted by Crippen LogP contribution is 2.33. The molecule has 0 amide bonds. The summed E-state index contributed by atoms with van der Waals surface area (Å²) in [6.07, 6.45) is -2.47. The third kappa shape index (κ3) is 5.25. The number of rotatable bonds is 5. The summed E-state index contributed by atoms with van der Waals surface area (Å²) in [4.78, 5) is 2.15. The molecule has 1 aliphatic heterocycles. The lowest BCUT2D eigenvalue weighted by atomic mass is 9.96. The fraction of sp³-hybridized carbons (Fsp3) is 1.00. The molecule has 1 rings (SSSR count). The molecule has 1 fully saturated rings. The second-order valence-corrected chi connectivity index (χ2v) is 4.90. The van der Waals surface area contributed by atoms with Gasteiger partial charge in [-0.3, -0.25) is 0 Å². The van der Waals surface area contributed by atoms with Crippen LogP contribution in [0.2, 0.25) is 0 Å². The number of alkyl halides is 3. The smallest absolute Gasteiger partial charge is 0.314 e. The molecule has 2 nitrogen and oxygen atoms in total. The van der Waals surface area contributed by atoms with Crippen molar-refractivity contribution in [1.82, 2.24) is 10.2 Å². The number of nitrogens with one attached hydrogen (secondary N) is 1. The van der Waals surface area contributed by atoms with E-state index < -0.39 is 12.1 Å². The van der Waals surface area contributed by atoms with E-state index in [-0.39, 0.29) is 12.8 Å². The maximum absolute atomic E-state index is 12.5. The summed E-state index contributed by atoms with van der Waals surface area (Å²) in [7, 11) is 0. The second kappa shape index (κ2) is 6.59.